The van der Waals surface area contributed by atoms with Crippen LogP contribution >= 0.6 is 12.2 Å². The summed E-state index contributed by atoms with van der Waals surface area (Å²) < 4.78 is 12.1. The number of H-pyrrole nitrogens is 1. The summed E-state index contributed by atoms with van der Waals surface area (Å²) in [5.41, 5.74) is 0.954. The van der Waals surface area contributed by atoms with Crippen LogP contribution in [0, 0.1) is 0 Å². The molecule has 0 unspecified atom stereocenters. The van der Waals surface area contributed by atoms with E-state index in [0.717, 1.165) is 0 Å². The lowest BCUT2D eigenvalue weighted by atomic mass is 9.77. The molecule has 3 amide bonds. The number of rotatable bonds is 11. The van der Waals surface area contributed by atoms with Crippen LogP contribution < -0.4 is 26.0 Å². The number of fused-ring (bicyclic) bond motifs is 6. The zero-order chi connectivity index (χ0) is 39.7. The second-order valence-electron chi connectivity index (χ2n) is 13.5. The number of benzene rings is 3. The third-order valence-corrected chi connectivity index (χ3v) is 10.1. The fraction of sp³-hybridized carbons (Fsp3) is 0.297. The number of esters is 1. The number of aromatic nitrogens is 3. The van der Waals surface area contributed by atoms with Crippen molar-refractivity contribution in [3.8, 4) is 23.0 Å². The number of ether oxygens (including phenoxy) is 2. The van der Waals surface area contributed by atoms with Crippen molar-refractivity contribution in [3.05, 3.63) is 88.7 Å². The number of hydrogen-bond donors (Lipinski definition) is 8. The van der Waals surface area contributed by atoms with Crippen LogP contribution in [0.25, 0.3) is 0 Å². The number of anilines is 1. The number of phenolic OH excluding ortho intramolecular Hbond substituents is 2. The Balaban J connectivity index is 0.927. The number of carbonyl (C=O) groups excluding carboxylic acids is 4. The van der Waals surface area contributed by atoms with Gasteiger partial charge in [0.15, 0.2) is 16.4 Å². The molecule has 1 spiro atoms. The molecule has 0 saturated carbocycles. The van der Waals surface area contributed by atoms with E-state index in [2.05, 4.69) is 36.7 Å². The predicted molar refractivity (Wildman–Crippen MR) is 199 cm³/mol. The first-order chi connectivity index (χ1) is 26.8. The molecule has 7 rings (SSSR count). The van der Waals surface area contributed by atoms with Gasteiger partial charge in [0.2, 0.25) is 11.8 Å². The summed E-state index contributed by atoms with van der Waals surface area (Å²) in [6.45, 7) is 1.73. The van der Waals surface area contributed by atoms with Crippen molar-refractivity contribution >= 4 is 52.7 Å². The van der Waals surface area contributed by atoms with Crippen LogP contribution in [-0.2, 0) is 24.7 Å². The number of aromatic amines is 1. The highest BCUT2D eigenvalue weighted by atomic mass is 32.1. The number of likely N-dealkylation sites (tertiary alicyclic amines) is 1. The van der Waals surface area contributed by atoms with Gasteiger partial charge in [-0.05, 0) is 74.3 Å². The molecular formula is C37H36N8O10S. The largest absolute Gasteiger partial charge is 0.508 e. The Bertz CT molecular complexity index is 2200. The molecular weight excluding hydrogens is 749 g/mol. The van der Waals surface area contributed by atoms with Gasteiger partial charge >= 0.3 is 11.9 Å². The molecule has 0 bridgehead atoms. The summed E-state index contributed by atoms with van der Waals surface area (Å²) in [5.74, 6) is -2.95. The maximum absolute atomic E-state index is 13.4. The van der Waals surface area contributed by atoms with E-state index in [-0.39, 0.29) is 58.8 Å². The van der Waals surface area contributed by atoms with Crippen molar-refractivity contribution in [1.82, 2.24) is 36.3 Å². The van der Waals surface area contributed by atoms with Gasteiger partial charge in [-0.25, -0.2) is 9.59 Å². The highest BCUT2D eigenvalue weighted by Crippen LogP contribution is 2.57. The minimum atomic E-state index is -1.40. The molecule has 0 aliphatic carbocycles. The maximum atomic E-state index is 13.4. The number of nitrogens with zero attached hydrogens (tertiary/aromatic N) is 3. The lowest BCUT2D eigenvalue weighted by molar-refractivity contribution is -0.143. The average Bonchev–Trinajstić information content (AvgIpc) is 3.90. The van der Waals surface area contributed by atoms with Crippen molar-refractivity contribution in [2.45, 2.75) is 56.3 Å². The molecule has 56 heavy (non-hydrogen) atoms. The summed E-state index contributed by atoms with van der Waals surface area (Å²) in [4.78, 5) is 64.7. The summed E-state index contributed by atoms with van der Waals surface area (Å²) in [6, 6.07) is 11.4. The predicted octanol–water partition coefficient (Wildman–Crippen LogP) is 2.23. The van der Waals surface area contributed by atoms with E-state index in [1.54, 1.807) is 30.3 Å². The van der Waals surface area contributed by atoms with Gasteiger partial charge in [0.05, 0.1) is 11.8 Å². The molecule has 1 saturated heterocycles. The van der Waals surface area contributed by atoms with Crippen LogP contribution in [-0.4, -0.2) is 102 Å². The average molecular weight is 785 g/mol. The van der Waals surface area contributed by atoms with Gasteiger partial charge in [-0.3, -0.25) is 14.4 Å². The van der Waals surface area contributed by atoms with Gasteiger partial charge in [0.1, 0.15) is 35.1 Å². The van der Waals surface area contributed by atoms with E-state index < -0.39 is 53.4 Å². The molecule has 1 fully saturated rings. The van der Waals surface area contributed by atoms with Gasteiger partial charge in [-0.15, -0.1) is 0 Å². The molecule has 0 radical (unpaired) electrons. The Morgan fingerprint density at radius 2 is 1.71 bits per heavy atom. The fourth-order valence-electron chi connectivity index (χ4n) is 7.27. The van der Waals surface area contributed by atoms with Crippen LogP contribution in [0.1, 0.15) is 70.1 Å². The first-order valence-corrected chi connectivity index (χ1v) is 18.0. The van der Waals surface area contributed by atoms with Crippen molar-refractivity contribution < 1.29 is 48.8 Å². The number of aromatic hydroxyl groups is 2. The van der Waals surface area contributed by atoms with Crippen LogP contribution in [0.15, 0.2) is 60.8 Å². The van der Waals surface area contributed by atoms with E-state index in [1.165, 1.54) is 42.3 Å². The molecule has 290 valence electrons. The maximum Gasteiger partial charge on any atom is 0.340 e. The first kappa shape index (κ1) is 37.6. The molecule has 3 atom stereocenters. The number of hydrogen-bond acceptors (Lipinski definition) is 12. The smallest absolute Gasteiger partial charge is 0.340 e. The minimum Gasteiger partial charge on any atom is -0.508 e. The van der Waals surface area contributed by atoms with Crippen molar-refractivity contribution in [2.75, 3.05) is 18.4 Å². The molecule has 3 aliphatic heterocycles. The van der Waals surface area contributed by atoms with Crippen LogP contribution in [0.2, 0.25) is 0 Å². The second kappa shape index (κ2) is 15.2. The van der Waals surface area contributed by atoms with Crippen LogP contribution in [0.5, 0.6) is 23.0 Å². The normalized spacial score (nSPS) is 17.7. The molecule has 18 nitrogen and oxygen atoms in total. The summed E-state index contributed by atoms with van der Waals surface area (Å²) in [5, 5.41) is 51.4. The number of amides is 3. The lowest BCUT2D eigenvalue weighted by Gasteiger charge is -2.36. The monoisotopic (exact) mass is 784 g/mol. The molecule has 4 heterocycles. The van der Waals surface area contributed by atoms with E-state index in [9.17, 15) is 39.3 Å². The molecule has 19 heteroatoms. The molecule has 4 aromatic rings. The number of carboxylic acids is 1. The summed E-state index contributed by atoms with van der Waals surface area (Å²) in [7, 11) is 0. The van der Waals surface area contributed by atoms with Crippen molar-refractivity contribution in [2.24, 2.45) is 0 Å². The summed E-state index contributed by atoms with van der Waals surface area (Å²) in [6.07, 6.45) is 2.33. The van der Waals surface area contributed by atoms with E-state index in [0.29, 0.717) is 41.8 Å². The lowest BCUT2D eigenvalue weighted by Crippen LogP contribution is -2.50. The first-order valence-electron chi connectivity index (χ1n) is 17.6. The van der Waals surface area contributed by atoms with Gasteiger partial charge < -0.3 is 51.0 Å². The number of nitrogens with one attached hydrogen (secondary N) is 5. The highest BCUT2D eigenvalue weighted by molar-refractivity contribution is 7.80. The Hall–Kier alpha value is -6.76. The van der Waals surface area contributed by atoms with Gasteiger partial charge in [0.25, 0.3) is 5.91 Å². The molecule has 8 N–H and O–H groups in total. The Morgan fingerprint density at radius 3 is 2.36 bits per heavy atom. The van der Waals surface area contributed by atoms with Gasteiger partial charge in [-0.1, -0.05) is 6.07 Å². The third-order valence-electron chi connectivity index (χ3n) is 9.84. The summed E-state index contributed by atoms with van der Waals surface area (Å²) >= 11 is 5.47. The zero-order valence-corrected chi connectivity index (χ0v) is 30.5. The number of aliphatic carboxylic acids is 1. The molecule has 1 aromatic heterocycles. The van der Waals surface area contributed by atoms with E-state index in [1.807, 2.05) is 0 Å². The molecule has 3 aromatic carbocycles. The highest BCUT2D eigenvalue weighted by Gasteiger charge is 2.53. The van der Waals surface area contributed by atoms with Crippen LogP contribution in [0.3, 0.4) is 0 Å². The number of phenols is 2. The Labute approximate surface area is 323 Å². The van der Waals surface area contributed by atoms with Crippen LogP contribution in [0.4, 0.5) is 5.69 Å². The van der Waals surface area contributed by atoms with E-state index >= 15 is 0 Å². The van der Waals surface area contributed by atoms with Crippen molar-refractivity contribution in [3.63, 3.8) is 0 Å². The number of thiocarbonyl (C=S) groups is 1. The third kappa shape index (κ3) is 7.22. The van der Waals surface area contributed by atoms with E-state index in [4.69, 9.17) is 21.7 Å². The van der Waals surface area contributed by atoms with Gasteiger partial charge in [-0.2, -0.15) is 15.4 Å². The number of unbranched alkanes of at least 4 members (excludes halogenated alkanes) is 1. The SMILES string of the molecule is CC(=O)N1C[C@H](NC(=O)c2cn[nH]n2)C[C@H]1C(=O)N[C@@H](CCCCNC(=S)Nc1ccc2c(c1)C(=O)OC21c2ccc(O)cc2Oc2cc(O)ccc21)C(=O)O. The molecule has 3 aliphatic rings. The zero-order valence-electron chi connectivity index (χ0n) is 29.7. The number of carbonyl (C=O) groups is 5. The van der Waals surface area contributed by atoms with Crippen molar-refractivity contribution in [1.29, 1.82) is 0 Å². The quantitative estimate of drug-likeness (QED) is 0.0617. The second-order valence-corrected chi connectivity index (χ2v) is 13.9. The van der Waals surface area contributed by atoms with Gasteiger partial charge in [0, 0.05) is 60.6 Å². The fourth-order valence-corrected chi connectivity index (χ4v) is 7.49. The number of carboxylic acid groups (broad SMARTS) is 1. The topological polar surface area (TPSA) is 257 Å². The minimum absolute atomic E-state index is 0.0496. The Morgan fingerprint density at radius 1 is 1.02 bits per heavy atom. The Kier molecular flexibility index (Phi) is 10.2. The standard InChI is InChI=1S/C37H36N8O10S/c1-18(46)45-17-20(40-32(49)28-16-39-44-43-28)13-29(45)33(50)42-27(34(51)52)4-2-3-11-38-36(56)41-19-5-8-24-23(12-19)35(53)55-37(24)25-9-6-21(47)14-30(25)54-31-15-22(48)7-10-26(31)37/h5-10,12,14-16,20,27,29,47-48H,2-4,11,13,17H2,1H3,(H,40,49)(H,42,50)(H,51,52)(H2,38,41,56)(H,39,43,44)/t20-,27+,29+/m1/s1.